The van der Waals surface area contributed by atoms with Gasteiger partial charge in [0.15, 0.2) is 0 Å². The van der Waals surface area contributed by atoms with Crippen molar-refractivity contribution in [1.82, 2.24) is 4.98 Å². The van der Waals surface area contributed by atoms with Gasteiger partial charge in [0.2, 0.25) is 5.88 Å². The molecule has 2 aromatic rings. The predicted octanol–water partition coefficient (Wildman–Crippen LogP) is 2.13. The number of pyridine rings is 1. The molecular formula is C11H12N2O. The summed E-state index contributed by atoms with van der Waals surface area (Å²) < 4.78 is 5.05. The van der Waals surface area contributed by atoms with Crippen LogP contribution in [0.15, 0.2) is 24.3 Å². The highest BCUT2D eigenvalue weighted by molar-refractivity contribution is 5.91. The highest BCUT2D eigenvalue weighted by Crippen LogP contribution is 2.24. The lowest BCUT2D eigenvalue weighted by atomic mass is 10.1. The van der Waals surface area contributed by atoms with Gasteiger partial charge in [-0.25, -0.2) is 4.98 Å². The third kappa shape index (κ3) is 1.27. The van der Waals surface area contributed by atoms with Gasteiger partial charge in [-0.05, 0) is 24.6 Å². The van der Waals surface area contributed by atoms with Crippen molar-refractivity contribution in [3.05, 3.63) is 29.8 Å². The second-order valence-electron chi connectivity index (χ2n) is 3.22. The molecule has 0 atom stereocenters. The highest BCUT2D eigenvalue weighted by atomic mass is 16.5. The number of aromatic nitrogens is 1. The quantitative estimate of drug-likeness (QED) is 0.697. The van der Waals surface area contributed by atoms with Crippen LogP contribution in [-0.4, -0.2) is 12.1 Å². The fourth-order valence-electron chi connectivity index (χ4n) is 1.48. The molecule has 1 aromatic carbocycles. The van der Waals surface area contributed by atoms with E-state index in [-0.39, 0.29) is 0 Å². The molecule has 72 valence electrons. The summed E-state index contributed by atoms with van der Waals surface area (Å²) in [5.41, 5.74) is 8.50. The summed E-state index contributed by atoms with van der Waals surface area (Å²) in [6, 6.07) is 7.68. The van der Waals surface area contributed by atoms with Crippen molar-refractivity contribution in [2.24, 2.45) is 0 Å². The van der Waals surface area contributed by atoms with Crippen LogP contribution in [0, 0.1) is 6.92 Å². The molecule has 0 unspecified atom stereocenters. The summed E-state index contributed by atoms with van der Waals surface area (Å²) in [5.74, 6) is 0.592. The number of nitrogen functional groups attached to an aromatic ring is 1. The van der Waals surface area contributed by atoms with Gasteiger partial charge in [-0.2, -0.15) is 0 Å². The van der Waals surface area contributed by atoms with E-state index in [1.165, 1.54) is 5.56 Å². The van der Waals surface area contributed by atoms with Crippen LogP contribution < -0.4 is 10.5 Å². The van der Waals surface area contributed by atoms with Gasteiger partial charge in [-0.3, -0.25) is 0 Å². The van der Waals surface area contributed by atoms with Crippen molar-refractivity contribution in [3.8, 4) is 5.88 Å². The first kappa shape index (κ1) is 8.81. The molecule has 0 fully saturated rings. The first-order chi connectivity index (χ1) is 6.72. The molecule has 14 heavy (non-hydrogen) atoms. The van der Waals surface area contributed by atoms with Crippen LogP contribution >= 0.6 is 0 Å². The van der Waals surface area contributed by atoms with Gasteiger partial charge in [0.1, 0.15) is 0 Å². The molecule has 3 heteroatoms. The van der Waals surface area contributed by atoms with E-state index >= 15 is 0 Å². The SMILES string of the molecule is COc1ccc2c(C)ccc(N)c2n1. The van der Waals surface area contributed by atoms with E-state index in [4.69, 9.17) is 10.5 Å². The van der Waals surface area contributed by atoms with E-state index < -0.39 is 0 Å². The van der Waals surface area contributed by atoms with Gasteiger partial charge in [0.05, 0.1) is 18.3 Å². The number of benzene rings is 1. The van der Waals surface area contributed by atoms with Gasteiger partial charge < -0.3 is 10.5 Å². The van der Waals surface area contributed by atoms with E-state index in [2.05, 4.69) is 4.98 Å². The normalized spacial score (nSPS) is 10.4. The smallest absolute Gasteiger partial charge is 0.213 e. The number of methoxy groups -OCH3 is 1. The maximum Gasteiger partial charge on any atom is 0.213 e. The van der Waals surface area contributed by atoms with Crippen LogP contribution in [0.1, 0.15) is 5.56 Å². The number of nitrogens with zero attached hydrogens (tertiary/aromatic N) is 1. The number of hydrogen-bond acceptors (Lipinski definition) is 3. The Hall–Kier alpha value is -1.77. The molecule has 3 nitrogen and oxygen atoms in total. The molecule has 2 N–H and O–H groups in total. The van der Waals surface area contributed by atoms with E-state index in [9.17, 15) is 0 Å². The monoisotopic (exact) mass is 188 g/mol. The Morgan fingerprint density at radius 3 is 2.71 bits per heavy atom. The summed E-state index contributed by atoms with van der Waals surface area (Å²) in [4.78, 5) is 4.31. The van der Waals surface area contributed by atoms with Crippen molar-refractivity contribution in [1.29, 1.82) is 0 Å². The van der Waals surface area contributed by atoms with E-state index in [0.29, 0.717) is 11.6 Å². The van der Waals surface area contributed by atoms with E-state index in [1.807, 2.05) is 31.2 Å². The zero-order chi connectivity index (χ0) is 10.1. The van der Waals surface area contributed by atoms with E-state index in [1.54, 1.807) is 7.11 Å². The summed E-state index contributed by atoms with van der Waals surface area (Å²) in [6.45, 7) is 2.04. The Kier molecular flexibility index (Phi) is 2.00. The second kappa shape index (κ2) is 3.18. The van der Waals surface area contributed by atoms with Crippen LogP contribution in [0.25, 0.3) is 10.9 Å². The number of ether oxygens (including phenoxy) is 1. The maximum atomic E-state index is 5.83. The van der Waals surface area contributed by atoms with Crippen LogP contribution in [0.5, 0.6) is 5.88 Å². The topological polar surface area (TPSA) is 48.1 Å². The Bertz CT molecular complexity index is 480. The average Bonchev–Trinajstić information content (AvgIpc) is 2.23. The standard InChI is InChI=1S/C11H12N2O/c1-7-3-5-9(12)11-8(7)4-6-10(13-11)14-2/h3-6H,12H2,1-2H3. The molecule has 0 saturated heterocycles. The third-order valence-electron chi connectivity index (χ3n) is 2.29. The third-order valence-corrected chi connectivity index (χ3v) is 2.29. The molecule has 0 radical (unpaired) electrons. The van der Waals surface area contributed by atoms with Crippen LogP contribution in [0.4, 0.5) is 5.69 Å². The Morgan fingerprint density at radius 1 is 1.21 bits per heavy atom. The zero-order valence-electron chi connectivity index (χ0n) is 8.24. The molecule has 0 aliphatic rings. The van der Waals surface area contributed by atoms with Gasteiger partial charge in [-0.1, -0.05) is 6.07 Å². The van der Waals surface area contributed by atoms with E-state index in [0.717, 1.165) is 10.9 Å². The number of hydrogen-bond donors (Lipinski definition) is 1. The first-order valence-corrected chi connectivity index (χ1v) is 4.42. The molecule has 0 spiro atoms. The fraction of sp³-hybridized carbons (Fsp3) is 0.182. The fourth-order valence-corrected chi connectivity index (χ4v) is 1.48. The minimum atomic E-state index is 0.592. The largest absolute Gasteiger partial charge is 0.481 e. The maximum absolute atomic E-state index is 5.83. The molecule has 1 aromatic heterocycles. The molecule has 0 aliphatic carbocycles. The summed E-state index contributed by atoms with van der Waals surface area (Å²) >= 11 is 0. The van der Waals surface area contributed by atoms with Gasteiger partial charge >= 0.3 is 0 Å². The summed E-state index contributed by atoms with van der Waals surface area (Å²) in [5, 5.41) is 1.07. The Balaban J connectivity index is 2.80. The Labute approximate surface area is 82.5 Å². The predicted molar refractivity (Wildman–Crippen MR) is 57.4 cm³/mol. The van der Waals surface area contributed by atoms with Crippen molar-refractivity contribution in [2.45, 2.75) is 6.92 Å². The van der Waals surface area contributed by atoms with Crippen LogP contribution in [0.3, 0.4) is 0 Å². The van der Waals surface area contributed by atoms with Crippen LogP contribution in [-0.2, 0) is 0 Å². The van der Waals surface area contributed by atoms with Crippen molar-refractivity contribution in [2.75, 3.05) is 12.8 Å². The number of aryl methyl sites for hydroxylation is 1. The molecule has 0 saturated carbocycles. The molecule has 0 bridgehead atoms. The number of rotatable bonds is 1. The average molecular weight is 188 g/mol. The van der Waals surface area contributed by atoms with Gasteiger partial charge in [-0.15, -0.1) is 0 Å². The minimum Gasteiger partial charge on any atom is -0.481 e. The second-order valence-corrected chi connectivity index (χ2v) is 3.22. The number of nitrogens with two attached hydrogens (primary N) is 1. The molecule has 0 aliphatic heterocycles. The molecule has 2 rings (SSSR count). The summed E-state index contributed by atoms with van der Waals surface area (Å²) in [7, 11) is 1.60. The highest BCUT2D eigenvalue weighted by Gasteiger charge is 2.03. The zero-order valence-corrected chi connectivity index (χ0v) is 8.24. The van der Waals surface area contributed by atoms with Crippen LogP contribution in [0.2, 0.25) is 0 Å². The van der Waals surface area contributed by atoms with Crippen molar-refractivity contribution in [3.63, 3.8) is 0 Å². The lowest BCUT2D eigenvalue weighted by Crippen LogP contribution is -1.93. The lowest BCUT2D eigenvalue weighted by Gasteiger charge is -2.06. The van der Waals surface area contributed by atoms with Gasteiger partial charge in [0.25, 0.3) is 0 Å². The van der Waals surface area contributed by atoms with Crippen molar-refractivity contribution >= 4 is 16.6 Å². The number of anilines is 1. The number of fused-ring (bicyclic) bond motifs is 1. The summed E-state index contributed by atoms with van der Waals surface area (Å²) in [6.07, 6.45) is 0. The first-order valence-electron chi connectivity index (χ1n) is 4.42. The van der Waals surface area contributed by atoms with Crippen molar-refractivity contribution < 1.29 is 4.74 Å². The minimum absolute atomic E-state index is 0.592. The Morgan fingerprint density at radius 2 is 2.00 bits per heavy atom. The molecule has 1 heterocycles. The van der Waals surface area contributed by atoms with Gasteiger partial charge in [0, 0.05) is 11.5 Å². The molecular weight excluding hydrogens is 176 g/mol. The lowest BCUT2D eigenvalue weighted by molar-refractivity contribution is 0.399. The molecule has 0 amide bonds.